The number of hydrogen-bond acceptors (Lipinski definition) is 3. The maximum atomic E-state index is 11.9. The third-order valence-electron chi connectivity index (χ3n) is 3.30. The lowest BCUT2D eigenvalue weighted by Crippen LogP contribution is -2.42. The Kier molecular flexibility index (Phi) is 6.62. The van der Waals surface area contributed by atoms with Gasteiger partial charge in [0.25, 0.3) is 0 Å². The smallest absolute Gasteiger partial charge is 0.243 e. The van der Waals surface area contributed by atoms with Gasteiger partial charge in [-0.3, -0.25) is 9.79 Å². The number of carbonyl (C=O) groups is 1. The lowest BCUT2D eigenvalue weighted by atomic mass is 10.1. The van der Waals surface area contributed by atoms with E-state index in [1.54, 1.807) is 18.4 Å². The van der Waals surface area contributed by atoms with E-state index in [4.69, 9.17) is 0 Å². The molecule has 2 rings (SSSR count). The van der Waals surface area contributed by atoms with E-state index in [1.807, 2.05) is 30.3 Å². The molecular formula is C17H22N4OS. The van der Waals surface area contributed by atoms with Gasteiger partial charge in [-0.05, 0) is 23.6 Å². The number of rotatable bonds is 6. The molecule has 1 amide bonds. The Morgan fingerprint density at radius 2 is 1.96 bits per heavy atom. The van der Waals surface area contributed by atoms with Gasteiger partial charge in [0.1, 0.15) is 0 Å². The first-order valence-corrected chi connectivity index (χ1v) is 8.40. The van der Waals surface area contributed by atoms with Crippen molar-refractivity contribution >= 4 is 28.9 Å². The van der Waals surface area contributed by atoms with E-state index in [2.05, 4.69) is 45.4 Å². The number of benzene rings is 1. The number of para-hydroxylation sites is 1. The van der Waals surface area contributed by atoms with E-state index in [0.717, 1.165) is 12.2 Å². The van der Waals surface area contributed by atoms with Crippen LogP contribution in [0, 0.1) is 0 Å². The highest BCUT2D eigenvalue weighted by Gasteiger charge is 2.08. The zero-order valence-corrected chi connectivity index (χ0v) is 14.2. The highest BCUT2D eigenvalue weighted by atomic mass is 32.1. The summed E-state index contributed by atoms with van der Waals surface area (Å²) in [7, 11) is 1.69. The monoisotopic (exact) mass is 330 g/mol. The molecule has 5 nitrogen and oxygen atoms in total. The zero-order chi connectivity index (χ0) is 16.5. The van der Waals surface area contributed by atoms with Gasteiger partial charge in [0.05, 0.1) is 6.54 Å². The average molecular weight is 330 g/mol. The van der Waals surface area contributed by atoms with Crippen LogP contribution in [0.15, 0.2) is 52.8 Å². The number of thiophene rings is 1. The van der Waals surface area contributed by atoms with Crippen molar-refractivity contribution in [2.45, 2.75) is 12.8 Å². The van der Waals surface area contributed by atoms with Crippen LogP contribution in [-0.2, 0) is 4.79 Å². The fourth-order valence-corrected chi connectivity index (χ4v) is 2.82. The third-order valence-corrected chi connectivity index (χ3v) is 4.41. The Labute approximate surface area is 140 Å². The molecule has 0 saturated carbocycles. The molecule has 0 spiro atoms. The second kappa shape index (κ2) is 8.95. The van der Waals surface area contributed by atoms with Crippen molar-refractivity contribution in [1.82, 2.24) is 10.6 Å². The quantitative estimate of drug-likeness (QED) is 0.563. The predicted molar refractivity (Wildman–Crippen MR) is 97.2 cm³/mol. The van der Waals surface area contributed by atoms with E-state index in [-0.39, 0.29) is 12.5 Å². The van der Waals surface area contributed by atoms with Crippen LogP contribution in [0.5, 0.6) is 0 Å². The van der Waals surface area contributed by atoms with Gasteiger partial charge in [-0.25, -0.2) is 0 Å². The van der Waals surface area contributed by atoms with Crippen LogP contribution >= 0.6 is 11.3 Å². The van der Waals surface area contributed by atoms with Crippen LogP contribution in [0.4, 0.5) is 5.69 Å². The summed E-state index contributed by atoms with van der Waals surface area (Å²) >= 11 is 1.75. The number of anilines is 1. The van der Waals surface area contributed by atoms with Gasteiger partial charge in [0.15, 0.2) is 5.96 Å². The minimum Gasteiger partial charge on any atom is -0.356 e. The maximum Gasteiger partial charge on any atom is 0.243 e. The molecule has 0 aliphatic rings. The van der Waals surface area contributed by atoms with Gasteiger partial charge in [-0.15, -0.1) is 11.3 Å². The summed E-state index contributed by atoms with van der Waals surface area (Å²) in [4.78, 5) is 17.4. The Morgan fingerprint density at radius 1 is 1.17 bits per heavy atom. The minimum atomic E-state index is -0.106. The van der Waals surface area contributed by atoms with Crippen molar-refractivity contribution in [3.8, 4) is 0 Å². The molecule has 0 fully saturated rings. The summed E-state index contributed by atoms with van der Waals surface area (Å²) in [5, 5.41) is 11.2. The lowest BCUT2D eigenvalue weighted by molar-refractivity contribution is -0.115. The number of carbonyl (C=O) groups excluding carboxylic acids is 1. The first kappa shape index (κ1) is 17.0. The van der Waals surface area contributed by atoms with Gasteiger partial charge in [0.2, 0.25) is 5.91 Å². The largest absolute Gasteiger partial charge is 0.356 e. The third kappa shape index (κ3) is 5.75. The predicted octanol–water partition coefficient (Wildman–Crippen LogP) is 2.66. The first-order chi connectivity index (χ1) is 11.2. The second-order valence-electron chi connectivity index (χ2n) is 5.14. The molecule has 1 unspecified atom stereocenters. The van der Waals surface area contributed by atoms with Crippen LogP contribution in [0.1, 0.15) is 17.7 Å². The van der Waals surface area contributed by atoms with E-state index in [0.29, 0.717) is 11.9 Å². The van der Waals surface area contributed by atoms with Crippen LogP contribution in [0.2, 0.25) is 0 Å². The van der Waals surface area contributed by atoms with Gasteiger partial charge in [-0.1, -0.05) is 31.2 Å². The summed E-state index contributed by atoms with van der Waals surface area (Å²) < 4.78 is 0. The second-order valence-corrected chi connectivity index (χ2v) is 6.12. The normalized spacial score (nSPS) is 12.5. The highest BCUT2D eigenvalue weighted by Crippen LogP contribution is 2.19. The van der Waals surface area contributed by atoms with Gasteiger partial charge < -0.3 is 16.0 Å². The first-order valence-electron chi connectivity index (χ1n) is 7.52. The molecule has 0 aliphatic heterocycles. The summed E-state index contributed by atoms with van der Waals surface area (Å²) in [6, 6.07) is 13.6. The number of amides is 1. The molecule has 2 aromatic rings. The van der Waals surface area contributed by atoms with Gasteiger partial charge in [-0.2, -0.15) is 0 Å². The Hall–Kier alpha value is -2.34. The average Bonchev–Trinajstić information content (AvgIpc) is 3.10. The maximum absolute atomic E-state index is 11.9. The van der Waals surface area contributed by atoms with Crippen molar-refractivity contribution in [3.05, 3.63) is 52.7 Å². The topological polar surface area (TPSA) is 65.5 Å². The van der Waals surface area contributed by atoms with E-state index >= 15 is 0 Å². The van der Waals surface area contributed by atoms with E-state index in [1.165, 1.54) is 4.88 Å². The molecule has 0 radical (unpaired) electrons. The van der Waals surface area contributed by atoms with Crippen molar-refractivity contribution in [1.29, 1.82) is 0 Å². The van der Waals surface area contributed by atoms with Gasteiger partial charge >= 0.3 is 0 Å². The summed E-state index contributed by atoms with van der Waals surface area (Å²) in [6.07, 6.45) is 0. The fourth-order valence-electron chi connectivity index (χ4n) is 2.03. The number of nitrogens with zero attached hydrogens (tertiary/aromatic N) is 1. The molecule has 0 saturated heterocycles. The van der Waals surface area contributed by atoms with Crippen LogP contribution in [0.3, 0.4) is 0 Å². The molecule has 1 heterocycles. The van der Waals surface area contributed by atoms with Crippen LogP contribution in [0.25, 0.3) is 0 Å². The molecule has 1 atom stereocenters. The molecule has 122 valence electrons. The Balaban J connectivity index is 1.73. The molecule has 23 heavy (non-hydrogen) atoms. The molecule has 3 N–H and O–H groups in total. The molecule has 1 aromatic carbocycles. The molecule has 1 aromatic heterocycles. The molecule has 6 heteroatoms. The van der Waals surface area contributed by atoms with Crippen molar-refractivity contribution in [2.75, 3.05) is 25.5 Å². The van der Waals surface area contributed by atoms with Crippen molar-refractivity contribution in [3.63, 3.8) is 0 Å². The molecular weight excluding hydrogens is 308 g/mol. The highest BCUT2D eigenvalue weighted by molar-refractivity contribution is 7.10. The SMILES string of the molecule is CN=C(NCC(=O)Nc1ccccc1)NCC(C)c1cccs1. The number of nitrogens with one attached hydrogen (secondary N) is 3. The fraction of sp³-hybridized carbons (Fsp3) is 0.294. The van der Waals surface area contributed by atoms with E-state index < -0.39 is 0 Å². The van der Waals surface area contributed by atoms with Crippen molar-refractivity contribution < 1.29 is 4.79 Å². The molecule has 0 aliphatic carbocycles. The Bertz CT molecular complexity index is 625. The van der Waals surface area contributed by atoms with Crippen LogP contribution in [-0.4, -0.2) is 32.0 Å². The Morgan fingerprint density at radius 3 is 2.61 bits per heavy atom. The lowest BCUT2D eigenvalue weighted by Gasteiger charge is -2.15. The summed E-state index contributed by atoms with van der Waals surface area (Å²) in [6.45, 7) is 3.09. The van der Waals surface area contributed by atoms with Crippen LogP contribution < -0.4 is 16.0 Å². The van der Waals surface area contributed by atoms with E-state index in [9.17, 15) is 4.79 Å². The summed E-state index contributed by atoms with van der Waals surface area (Å²) in [5.41, 5.74) is 0.786. The minimum absolute atomic E-state index is 0.106. The van der Waals surface area contributed by atoms with Gasteiger partial charge in [0, 0.05) is 30.1 Å². The number of hydrogen-bond donors (Lipinski definition) is 3. The molecule has 0 bridgehead atoms. The zero-order valence-electron chi connectivity index (χ0n) is 13.4. The summed E-state index contributed by atoms with van der Waals surface area (Å²) in [5.74, 6) is 0.911. The number of guanidine groups is 1. The standard InChI is InChI=1S/C17H22N4OS/c1-13(15-9-6-10-23-15)11-19-17(18-2)20-12-16(22)21-14-7-4-3-5-8-14/h3-10,13H,11-12H2,1-2H3,(H,21,22)(H2,18,19,20). The van der Waals surface area contributed by atoms with Crippen molar-refractivity contribution in [2.24, 2.45) is 4.99 Å². The number of aliphatic imine (C=N–C) groups is 1.